The highest BCUT2D eigenvalue weighted by molar-refractivity contribution is 5.85. The molecule has 7 heteroatoms. The van der Waals surface area contributed by atoms with Crippen LogP contribution in [-0.4, -0.2) is 60.5 Å². The zero-order chi connectivity index (χ0) is 16.0. The topological polar surface area (TPSA) is 61.6 Å². The Morgan fingerprint density at radius 1 is 1.08 bits per heavy atom. The van der Waals surface area contributed by atoms with Crippen molar-refractivity contribution in [2.24, 2.45) is 5.73 Å². The minimum atomic E-state index is -0.357. The second kappa shape index (κ2) is 10.9. The molecule has 0 atom stereocenters. The van der Waals surface area contributed by atoms with Gasteiger partial charge in [0.15, 0.2) is 0 Å². The zero-order valence-electron chi connectivity index (χ0n) is 14.5. The normalized spacial score (nSPS) is 16.0. The predicted octanol–water partition coefficient (Wildman–Crippen LogP) is 1.50. The van der Waals surface area contributed by atoms with E-state index in [2.05, 4.69) is 39.4 Å². The van der Waals surface area contributed by atoms with Crippen LogP contribution >= 0.6 is 24.8 Å². The average molecular weight is 377 g/mol. The highest BCUT2D eigenvalue weighted by Gasteiger charge is 2.19. The lowest BCUT2D eigenvalue weighted by atomic mass is 10.1. The Morgan fingerprint density at radius 2 is 1.62 bits per heavy atom. The molecule has 0 unspecified atom stereocenters. The van der Waals surface area contributed by atoms with Crippen molar-refractivity contribution in [1.82, 2.24) is 15.1 Å². The maximum atomic E-state index is 11.9. The molecule has 1 fully saturated rings. The van der Waals surface area contributed by atoms with Gasteiger partial charge in [-0.1, -0.05) is 30.3 Å². The number of hydrogen-bond acceptors (Lipinski definition) is 4. The minimum Gasteiger partial charge on any atom is -0.353 e. The number of hydrogen-bond donors (Lipinski definition) is 2. The van der Waals surface area contributed by atoms with E-state index in [9.17, 15) is 4.79 Å². The lowest BCUT2D eigenvalue weighted by Crippen LogP contribution is -2.51. The fourth-order valence-corrected chi connectivity index (χ4v) is 2.53. The quantitative estimate of drug-likeness (QED) is 0.789. The van der Waals surface area contributed by atoms with E-state index in [1.165, 1.54) is 5.56 Å². The smallest absolute Gasteiger partial charge is 0.234 e. The lowest BCUT2D eigenvalue weighted by molar-refractivity contribution is -0.122. The van der Waals surface area contributed by atoms with Gasteiger partial charge in [-0.25, -0.2) is 0 Å². The molecule has 0 aliphatic carbocycles. The molecule has 0 aromatic heterocycles. The van der Waals surface area contributed by atoms with Crippen molar-refractivity contribution in [3.63, 3.8) is 0 Å². The van der Waals surface area contributed by atoms with Gasteiger partial charge in [0, 0.05) is 44.8 Å². The van der Waals surface area contributed by atoms with E-state index < -0.39 is 0 Å². The van der Waals surface area contributed by atoms with E-state index in [-0.39, 0.29) is 36.3 Å². The number of piperazine rings is 1. The van der Waals surface area contributed by atoms with E-state index in [0.29, 0.717) is 13.1 Å². The van der Waals surface area contributed by atoms with Crippen LogP contribution in [0.4, 0.5) is 0 Å². The van der Waals surface area contributed by atoms with Crippen molar-refractivity contribution >= 4 is 30.7 Å². The molecule has 5 nitrogen and oxygen atoms in total. The molecule has 1 aromatic carbocycles. The molecule has 0 radical (unpaired) electrons. The van der Waals surface area contributed by atoms with E-state index >= 15 is 0 Å². The molecule has 1 saturated heterocycles. The number of halogens is 2. The molecule has 0 spiro atoms. The standard InChI is InChI=1S/C17H28N4O.2ClH/c1-17(2,18)14-19-16(22)13-21-10-8-20(9-11-21)12-15-6-4-3-5-7-15;;/h3-7H,8-14,18H2,1-2H3,(H,19,22);2*1H. The number of nitrogens with one attached hydrogen (secondary N) is 1. The number of carbonyl (C=O) groups excluding carboxylic acids is 1. The zero-order valence-corrected chi connectivity index (χ0v) is 16.2. The molecule has 3 N–H and O–H groups in total. The van der Waals surface area contributed by atoms with Gasteiger partial charge in [-0.15, -0.1) is 24.8 Å². The number of nitrogens with zero attached hydrogens (tertiary/aromatic N) is 2. The Morgan fingerprint density at radius 3 is 2.17 bits per heavy atom. The average Bonchev–Trinajstić information content (AvgIpc) is 2.48. The van der Waals surface area contributed by atoms with E-state index in [0.717, 1.165) is 32.7 Å². The third kappa shape index (κ3) is 8.85. The van der Waals surface area contributed by atoms with Crippen LogP contribution in [0.2, 0.25) is 0 Å². The first-order chi connectivity index (χ1) is 10.4. The van der Waals surface area contributed by atoms with Crippen LogP contribution in [-0.2, 0) is 11.3 Å². The van der Waals surface area contributed by atoms with Gasteiger partial charge in [-0.3, -0.25) is 14.6 Å². The highest BCUT2D eigenvalue weighted by Crippen LogP contribution is 2.08. The van der Waals surface area contributed by atoms with Crippen molar-refractivity contribution in [3.8, 4) is 0 Å². The summed E-state index contributed by atoms with van der Waals surface area (Å²) in [4.78, 5) is 16.6. The summed E-state index contributed by atoms with van der Waals surface area (Å²) < 4.78 is 0. The molecule has 24 heavy (non-hydrogen) atoms. The maximum Gasteiger partial charge on any atom is 0.234 e. The third-order valence-electron chi connectivity index (χ3n) is 3.82. The Bertz CT molecular complexity index is 471. The molecule has 2 rings (SSSR count). The first-order valence-corrected chi connectivity index (χ1v) is 7.97. The van der Waals surface area contributed by atoms with Crippen LogP contribution in [0.5, 0.6) is 0 Å². The van der Waals surface area contributed by atoms with Gasteiger partial charge in [0.25, 0.3) is 0 Å². The van der Waals surface area contributed by atoms with Crippen LogP contribution in [0.15, 0.2) is 30.3 Å². The molecule has 1 aliphatic rings. The summed E-state index contributed by atoms with van der Waals surface area (Å²) in [6.07, 6.45) is 0. The van der Waals surface area contributed by atoms with Gasteiger partial charge in [-0.05, 0) is 19.4 Å². The van der Waals surface area contributed by atoms with Crippen molar-refractivity contribution in [2.75, 3.05) is 39.3 Å². The van der Waals surface area contributed by atoms with E-state index in [4.69, 9.17) is 5.73 Å². The van der Waals surface area contributed by atoms with Gasteiger partial charge in [0.2, 0.25) is 5.91 Å². The summed E-state index contributed by atoms with van der Waals surface area (Å²) >= 11 is 0. The summed E-state index contributed by atoms with van der Waals surface area (Å²) in [7, 11) is 0. The third-order valence-corrected chi connectivity index (χ3v) is 3.82. The molecule has 1 aliphatic heterocycles. The van der Waals surface area contributed by atoms with Crippen LogP contribution in [0.1, 0.15) is 19.4 Å². The van der Waals surface area contributed by atoms with Gasteiger partial charge < -0.3 is 11.1 Å². The van der Waals surface area contributed by atoms with Gasteiger partial charge in [0.05, 0.1) is 6.54 Å². The molecule has 138 valence electrons. The SMILES string of the molecule is CC(C)(N)CNC(=O)CN1CCN(Cc2ccccc2)CC1.Cl.Cl. The molecule has 1 amide bonds. The number of nitrogens with two attached hydrogens (primary N) is 1. The number of benzene rings is 1. The summed E-state index contributed by atoms with van der Waals surface area (Å²) in [5, 5.41) is 2.90. The van der Waals surface area contributed by atoms with Crippen molar-refractivity contribution in [3.05, 3.63) is 35.9 Å². The van der Waals surface area contributed by atoms with E-state index in [1.54, 1.807) is 0 Å². The Balaban J connectivity index is 0.00000264. The Hall–Kier alpha value is -0.850. The lowest BCUT2D eigenvalue weighted by Gasteiger charge is -2.34. The molecular weight excluding hydrogens is 347 g/mol. The fourth-order valence-electron chi connectivity index (χ4n) is 2.53. The van der Waals surface area contributed by atoms with Crippen LogP contribution in [0, 0.1) is 0 Å². The molecule has 0 saturated carbocycles. The molecular formula is C17H30Cl2N4O. The largest absolute Gasteiger partial charge is 0.353 e. The van der Waals surface area contributed by atoms with Crippen molar-refractivity contribution in [1.29, 1.82) is 0 Å². The van der Waals surface area contributed by atoms with Gasteiger partial charge >= 0.3 is 0 Å². The summed E-state index contributed by atoms with van der Waals surface area (Å²) in [6.45, 7) is 9.68. The summed E-state index contributed by atoms with van der Waals surface area (Å²) in [6, 6.07) is 10.5. The second-order valence-electron chi connectivity index (χ2n) is 6.80. The van der Waals surface area contributed by atoms with Crippen LogP contribution in [0.3, 0.4) is 0 Å². The number of rotatable bonds is 6. The molecule has 0 bridgehead atoms. The number of amides is 1. The van der Waals surface area contributed by atoms with Crippen molar-refractivity contribution in [2.45, 2.75) is 25.9 Å². The number of carbonyl (C=O) groups is 1. The van der Waals surface area contributed by atoms with Crippen LogP contribution < -0.4 is 11.1 Å². The second-order valence-corrected chi connectivity index (χ2v) is 6.80. The molecule has 1 heterocycles. The summed E-state index contributed by atoms with van der Waals surface area (Å²) in [5.74, 6) is 0.0648. The Kier molecular flexibility index (Phi) is 10.5. The first kappa shape index (κ1) is 23.1. The maximum absolute atomic E-state index is 11.9. The predicted molar refractivity (Wildman–Crippen MR) is 104 cm³/mol. The summed E-state index contributed by atoms with van der Waals surface area (Å²) in [5.41, 5.74) is 6.86. The first-order valence-electron chi connectivity index (χ1n) is 7.97. The van der Waals surface area contributed by atoms with Crippen molar-refractivity contribution < 1.29 is 4.79 Å². The highest BCUT2D eigenvalue weighted by atomic mass is 35.5. The van der Waals surface area contributed by atoms with E-state index in [1.807, 2.05) is 19.9 Å². The minimum absolute atomic E-state index is 0. The molecule has 1 aromatic rings. The van der Waals surface area contributed by atoms with Gasteiger partial charge in [0.1, 0.15) is 0 Å². The van der Waals surface area contributed by atoms with Crippen LogP contribution in [0.25, 0.3) is 0 Å². The Labute approximate surface area is 157 Å². The fraction of sp³-hybridized carbons (Fsp3) is 0.588. The van der Waals surface area contributed by atoms with Gasteiger partial charge in [-0.2, -0.15) is 0 Å². The monoisotopic (exact) mass is 376 g/mol.